The molecule has 2 rings (SSSR count). The maximum atomic E-state index is 13.2. The molecule has 1 aromatic rings. The van der Waals surface area contributed by atoms with Gasteiger partial charge in [-0.2, -0.15) is 0 Å². The Labute approximate surface area is 129 Å². The van der Waals surface area contributed by atoms with Gasteiger partial charge in [-0.3, -0.25) is 4.90 Å². The van der Waals surface area contributed by atoms with Gasteiger partial charge in [0.1, 0.15) is 5.82 Å². The Morgan fingerprint density at radius 3 is 2.95 bits per heavy atom. The summed E-state index contributed by atoms with van der Waals surface area (Å²) < 4.78 is 13.7. The summed E-state index contributed by atoms with van der Waals surface area (Å²) in [5, 5.41) is 3.25. The van der Waals surface area contributed by atoms with Gasteiger partial charge >= 0.3 is 0 Å². The number of benzene rings is 1. The Morgan fingerprint density at radius 1 is 1.47 bits per heavy atom. The Balaban J connectivity index is 0.00000180. The lowest BCUT2D eigenvalue weighted by molar-refractivity contribution is 0.167. The highest BCUT2D eigenvalue weighted by molar-refractivity contribution is 9.10. The Kier molecular flexibility index (Phi) is 7.29. The van der Waals surface area contributed by atoms with Crippen molar-refractivity contribution in [2.75, 3.05) is 26.7 Å². The summed E-state index contributed by atoms with van der Waals surface area (Å²) >= 11 is 3.24. The van der Waals surface area contributed by atoms with Gasteiger partial charge in [0.05, 0.1) is 4.47 Å². The molecule has 0 bridgehead atoms. The molecular formula is C14H21BrClFN2. The summed E-state index contributed by atoms with van der Waals surface area (Å²) in [5.41, 5.74) is 1.17. The number of hydrogen-bond donors (Lipinski definition) is 1. The number of nitrogens with one attached hydrogen (secondary N) is 1. The van der Waals surface area contributed by atoms with Crippen molar-refractivity contribution < 1.29 is 4.39 Å². The summed E-state index contributed by atoms with van der Waals surface area (Å²) in [6.07, 6.45) is 2.57. The molecule has 2 nitrogen and oxygen atoms in total. The Bertz CT molecular complexity index is 401. The van der Waals surface area contributed by atoms with Crippen molar-refractivity contribution in [2.45, 2.75) is 19.4 Å². The van der Waals surface area contributed by atoms with E-state index in [4.69, 9.17) is 0 Å². The first-order valence-electron chi connectivity index (χ1n) is 6.50. The second-order valence-electron chi connectivity index (χ2n) is 5.05. The van der Waals surface area contributed by atoms with Gasteiger partial charge in [-0.1, -0.05) is 6.07 Å². The molecule has 1 fully saturated rings. The van der Waals surface area contributed by atoms with Crippen molar-refractivity contribution in [2.24, 2.45) is 5.92 Å². The first-order chi connectivity index (χ1) is 8.69. The van der Waals surface area contributed by atoms with E-state index in [2.05, 4.69) is 26.1 Å². The largest absolute Gasteiger partial charge is 0.319 e. The predicted molar refractivity (Wildman–Crippen MR) is 83.3 cm³/mol. The van der Waals surface area contributed by atoms with Gasteiger partial charge in [-0.05, 0) is 72.5 Å². The van der Waals surface area contributed by atoms with Crippen LogP contribution in [-0.4, -0.2) is 31.6 Å². The maximum Gasteiger partial charge on any atom is 0.137 e. The SMILES string of the molecule is CNCC1CCCN(Cc2ccc(F)c(Br)c2)C1.Cl. The molecule has 1 N–H and O–H groups in total. The van der Waals surface area contributed by atoms with Crippen molar-refractivity contribution in [3.05, 3.63) is 34.1 Å². The highest BCUT2D eigenvalue weighted by Gasteiger charge is 2.19. The lowest BCUT2D eigenvalue weighted by Crippen LogP contribution is -2.38. The molecule has 5 heteroatoms. The molecule has 1 aliphatic rings. The smallest absolute Gasteiger partial charge is 0.137 e. The van der Waals surface area contributed by atoms with Crippen LogP contribution >= 0.6 is 28.3 Å². The van der Waals surface area contributed by atoms with Crippen molar-refractivity contribution in [1.82, 2.24) is 10.2 Å². The molecule has 0 aromatic heterocycles. The van der Waals surface area contributed by atoms with Crippen LogP contribution in [-0.2, 0) is 6.54 Å². The summed E-state index contributed by atoms with van der Waals surface area (Å²) in [4.78, 5) is 2.46. The molecule has 1 saturated heterocycles. The van der Waals surface area contributed by atoms with Crippen LogP contribution in [0.3, 0.4) is 0 Å². The molecule has 1 heterocycles. The number of rotatable bonds is 4. The van der Waals surface area contributed by atoms with Crippen molar-refractivity contribution in [3.63, 3.8) is 0 Å². The summed E-state index contributed by atoms with van der Waals surface area (Å²) in [6.45, 7) is 4.29. The van der Waals surface area contributed by atoms with Gasteiger partial charge in [0.25, 0.3) is 0 Å². The summed E-state index contributed by atoms with van der Waals surface area (Å²) in [7, 11) is 2.01. The molecule has 1 atom stereocenters. The molecule has 1 aliphatic heterocycles. The number of hydrogen-bond acceptors (Lipinski definition) is 2. The van der Waals surface area contributed by atoms with Gasteiger partial charge < -0.3 is 5.32 Å². The fourth-order valence-electron chi connectivity index (χ4n) is 2.65. The molecule has 1 unspecified atom stereocenters. The number of nitrogens with zero attached hydrogens (tertiary/aromatic N) is 1. The Morgan fingerprint density at radius 2 is 2.26 bits per heavy atom. The molecule has 0 radical (unpaired) electrons. The van der Waals surface area contributed by atoms with Crippen molar-refractivity contribution >= 4 is 28.3 Å². The monoisotopic (exact) mass is 350 g/mol. The van der Waals surface area contributed by atoms with Crippen LogP contribution in [0.4, 0.5) is 4.39 Å². The first-order valence-corrected chi connectivity index (χ1v) is 7.29. The topological polar surface area (TPSA) is 15.3 Å². The van der Waals surface area contributed by atoms with E-state index in [1.807, 2.05) is 19.2 Å². The standard InChI is InChI=1S/C14H20BrFN2.ClH/c1-17-8-12-3-2-6-18(10-12)9-11-4-5-14(16)13(15)7-11;/h4-5,7,12,17H,2-3,6,8-10H2,1H3;1H. The fourth-order valence-corrected chi connectivity index (χ4v) is 3.07. The van der Waals surface area contributed by atoms with E-state index < -0.39 is 0 Å². The highest BCUT2D eigenvalue weighted by atomic mass is 79.9. The Hall–Kier alpha value is -0.160. The molecule has 0 aliphatic carbocycles. The van der Waals surface area contributed by atoms with Crippen LogP contribution in [0.1, 0.15) is 18.4 Å². The normalized spacial score (nSPS) is 20.1. The molecule has 108 valence electrons. The van der Waals surface area contributed by atoms with Crippen LogP contribution in [0.2, 0.25) is 0 Å². The van der Waals surface area contributed by atoms with Gasteiger partial charge in [0.2, 0.25) is 0 Å². The minimum Gasteiger partial charge on any atom is -0.319 e. The second kappa shape index (κ2) is 8.20. The highest BCUT2D eigenvalue weighted by Crippen LogP contribution is 2.21. The zero-order valence-corrected chi connectivity index (χ0v) is 13.6. The lowest BCUT2D eigenvalue weighted by Gasteiger charge is -2.32. The van der Waals surface area contributed by atoms with Crippen LogP contribution in [0.5, 0.6) is 0 Å². The van der Waals surface area contributed by atoms with E-state index >= 15 is 0 Å². The van der Waals surface area contributed by atoms with E-state index in [-0.39, 0.29) is 18.2 Å². The lowest BCUT2D eigenvalue weighted by atomic mass is 9.97. The number of likely N-dealkylation sites (tertiary alicyclic amines) is 1. The number of halogens is 3. The quantitative estimate of drug-likeness (QED) is 0.894. The van der Waals surface area contributed by atoms with E-state index in [0.29, 0.717) is 4.47 Å². The third-order valence-corrected chi connectivity index (χ3v) is 4.09. The molecule has 0 saturated carbocycles. The summed E-state index contributed by atoms with van der Waals surface area (Å²) in [6, 6.07) is 5.30. The van der Waals surface area contributed by atoms with Gasteiger partial charge in [0.15, 0.2) is 0 Å². The number of piperidine rings is 1. The van der Waals surface area contributed by atoms with Gasteiger partial charge in [-0.25, -0.2) is 4.39 Å². The van der Waals surface area contributed by atoms with E-state index in [1.165, 1.54) is 24.5 Å². The van der Waals surface area contributed by atoms with E-state index in [9.17, 15) is 4.39 Å². The average Bonchev–Trinajstić information content (AvgIpc) is 2.35. The molecule has 1 aromatic carbocycles. The molecule has 0 spiro atoms. The van der Waals surface area contributed by atoms with Gasteiger partial charge in [-0.15, -0.1) is 12.4 Å². The zero-order valence-electron chi connectivity index (χ0n) is 11.2. The van der Waals surface area contributed by atoms with Crippen LogP contribution in [0, 0.1) is 11.7 Å². The molecular weight excluding hydrogens is 331 g/mol. The predicted octanol–water partition coefficient (Wildman–Crippen LogP) is 3.44. The van der Waals surface area contributed by atoms with Crippen LogP contribution < -0.4 is 5.32 Å². The van der Waals surface area contributed by atoms with E-state index in [0.717, 1.165) is 32.1 Å². The first kappa shape index (κ1) is 16.9. The summed E-state index contributed by atoms with van der Waals surface area (Å²) in [5.74, 6) is 0.554. The fraction of sp³-hybridized carbons (Fsp3) is 0.571. The average molecular weight is 352 g/mol. The van der Waals surface area contributed by atoms with Gasteiger partial charge in [0, 0.05) is 13.1 Å². The second-order valence-corrected chi connectivity index (χ2v) is 5.90. The van der Waals surface area contributed by atoms with E-state index in [1.54, 1.807) is 0 Å². The maximum absolute atomic E-state index is 13.2. The minimum atomic E-state index is -0.189. The zero-order chi connectivity index (χ0) is 13.0. The third-order valence-electron chi connectivity index (χ3n) is 3.49. The third kappa shape index (κ3) is 5.03. The van der Waals surface area contributed by atoms with Crippen LogP contribution in [0.25, 0.3) is 0 Å². The van der Waals surface area contributed by atoms with Crippen LogP contribution in [0.15, 0.2) is 22.7 Å². The minimum absolute atomic E-state index is 0. The molecule has 19 heavy (non-hydrogen) atoms. The molecule has 0 amide bonds. The van der Waals surface area contributed by atoms with Crippen molar-refractivity contribution in [1.29, 1.82) is 0 Å². The van der Waals surface area contributed by atoms with Crippen molar-refractivity contribution in [3.8, 4) is 0 Å².